The van der Waals surface area contributed by atoms with Crippen LogP contribution in [0.15, 0.2) is 75.9 Å². The Morgan fingerprint density at radius 3 is 2.57 bits per heavy atom. The van der Waals surface area contributed by atoms with Crippen LogP contribution in [0.25, 0.3) is 33.7 Å². The minimum Gasteiger partial charge on any atom is -0.456 e. The Kier molecular flexibility index (Phi) is 4.22. The molecule has 8 nitrogen and oxygen atoms in total. The van der Waals surface area contributed by atoms with E-state index in [-0.39, 0.29) is 11.2 Å². The first kappa shape index (κ1) is 18.0. The monoisotopic (exact) mass is 416 g/mol. The molecule has 3 aromatic heterocycles. The van der Waals surface area contributed by atoms with Crippen LogP contribution < -0.4 is 10.1 Å². The number of rotatable bonds is 4. The zero-order valence-corrected chi connectivity index (χ0v) is 16.1. The van der Waals surface area contributed by atoms with Gasteiger partial charge in [-0.2, -0.15) is 9.50 Å². The standard InChI is InChI=1S/C21H12N4O4S/c26-20-18(30-21-22-19(23-24(20)21)13-6-2-1-3-7-13)12-14-10-11-17(29-14)15-8-4-5-9-16(15)25(27)28/h1-12H/b18-12-. The third-order valence-electron chi connectivity index (χ3n) is 4.48. The highest BCUT2D eigenvalue weighted by atomic mass is 32.1. The van der Waals surface area contributed by atoms with Crippen LogP contribution in [-0.2, 0) is 0 Å². The lowest BCUT2D eigenvalue weighted by Crippen LogP contribution is -2.23. The summed E-state index contributed by atoms with van der Waals surface area (Å²) in [7, 11) is 0. The molecule has 5 rings (SSSR count). The van der Waals surface area contributed by atoms with Gasteiger partial charge in [-0.3, -0.25) is 14.9 Å². The van der Waals surface area contributed by atoms with Crippen LogP contribution in [0.4, 0.5) is 5.69 Å². The Morgan fingerprint density at radius 1 is 1.03 bits per heavy atom. The highest BCUT2D eigenvalue weighted by molar-refractivity contribution is 7.15. The molecule has 0 N–H and O–H groups in total. The molecule has 146 valence electrons. The van der Waals surface area contributed by atoms with Crippen LogP contribution in [0.5, 0.6) is 0 Å². The second-order valence-electron chi connectivity index (χ2n) is 6.39. The fourth-order valence-corrected chi connectivity index (χ4v) is 3.98. The van der Waals surface area contributed by atoms with Gasteiger partial charge in [-0.25, -0.2) is 0 Å². The molecular weight excluding hydrogens is 404 g/mol. The highest BCUT2D eigenvalue weighted by Gasteiger charge is 2.17. The quantitative estimate of drug-likeness (QED) is 0.328. The number of fused-ring (bicyclic) bond motifs is 1. The first-order valence-electron chi connectivity index (χ1n) is 8.90. The largest absolute Gasteiger partial charge is 0.456 e. The minimum atomic E-state index is -0.457. The fraction of sp³-hybridized carbons (Fsp3) is 0. The van der Waals surface area contributed by atoms with Gasteiger partial charge in [-0.05, 0) is 18.2 Å². The summed E-state index contributed by atoms with van der Waals surface area (Å²) in [6.45, 7) is 0. The predicted molar refractivity (Wildman–Crippen MR) is 112 cm³/mol. The van der Waals surface area contributed by atoms with Gasteiger partial charge in [0.15, 0.2) is 5.82 Å². The lowest BCUT2D eigenvalue weighted by atomic mass is 10.1. The molecule has 0 unspecified atom stereocenters. The second kappa shape index (κ2) is 7.05. The van der Waals surface area contributed by atoms with Gasteiger partial charge in [0, 0.05) is 17.7 Å². The van der Waals surface area contributed by atoms with Crippen molar-refractivity contribution >= 4 is 28.1 Å². The van der Waals surface area contributed by atoms with Crippen molar-refractivity contribution in [2.45, 2.75) is 0 Å². The van der Waals surface area contributed by atoms with Crippen molar-refractivity contribution in [1.29, 1.82) is 0 Å². The molecule has 0 aliphatic rings. The molecule has 3 heterocycles. The summed E-state index contributed by atoms with van der Waals surface area (Å²) in [5, 5.41) is 15.5. The first-order chi connectivity index (χ1) is 14.6. The van der Waals surface area contributed by atoms with E-state index < -0.39 is 4.92 Å². The Morgan fingerprint density at radius 2 is 1.80 bits per heavy atom. The SMILES string of the molecule is O=c1/c(=C/c2ccc(-c3ccccc3[N+](=O)[O-])o2)sc2nc(-c3ccccc3)nn12. The zero-order chi connectivity index (χ0) is 20.7. The number of furan rings is 1. The number of hydrogen-bond donors (Lipinski definition) is 0. The Hall–Kier alpha value is -4.11. The van der Waals surface area contributed by atoms with E-state index in [1.165, 1.54) is 21.9 Å². The third kappa shape index (κ3) is 3.07. The molecule has 0 aliphatic heterocycles. The number of nitro benzene ring substituents is 1. The van der Waals surface area contributed by atoms with Gasteiger partial charge in [-0.15, -0.1) is 5.10 Å². The van der Waals surface area contributed by atoms with Crippen molar-refractivity contribution in [1.82, 2.24) is 14.6 Å². The summed E-state index contributed by atoms with van der Waals surface area (Å²) in [5.41, 5.74) is 0.863. The van der Waals surface area contributed by atoms with E-state index in [0.717, 1.165) is 5.56 Å². The summed E-state index contributed by atoms with van der Waals surface area (Å²) in [5.74, 6) is 1.25. The van der Waals surface area contributed by atoms with Crippen LogP contribution >= 0.6 is 11.3 Å². The normalized spacial score (nSPS) is 11.9. The van der Waals surface area contributed by atoms with Gasteiger partial charge < -0.3 is 4.42 Å². The van der Waals surface area contributed by atoms with Crippen molar-refractivity contribution in [2.24, 2.45) is 0 Å². The molecule has 0 bridgehead atoms. The summed E-state index contributed by atoms with van der Waals surface area (Å²) in [6.07, 6.45) is 1.59. The number of benzene rings is 2. The van der Waals surface area contributed by atoms with E-state index in [4.69, 9.17) is 4.42 Å². The smallest absolute Gasteiger partial charge is 0.291 e. The van der Waals surface area contributed by atoms with Gasteiger partial charge in [0.25, 0.3) is 11.2 Å². The van der Waals surface area contributed by atoms with Crippen LogP contribution in [0, 0.1) is 10.1 Å². The summed E-state index contributed by atoms with van der Waals surface area (Å²) in [6, 6.07) is 19.1. The molecule has 30 heavy (non-hydrogen) atoms. The summed E-state index contributed by atoms with van der Waals surface area (Å²) >= 11 is 1.20. The highest BCUT2D eigenvalue weighted by Crippen LogP contribution is 2.31. The first-order valence-corrected chi connectivity index (χ1v) is 9.72. The van der Waals surface area contributed by atoms with E-state index in [9.17, 15) is 14.9 Å². The molecule has 0 radical (unpaired) electrons. The fourth-order valence-electron chi connectivity index (χ4n) is 3.09. The topological polar surface area (TPSA) is 104 Å². The number of aromatic nitrogens is 3. The molecule has 0 saturated carbocycles. The number of para-hydroxylation sites is 1. The molecular formula is C21H12N4O4S. The van der Waals surface area contributed by atoms with E-state index in [0.29, 0.717) is 32.4 Å². The van der Waals surface area contributed by atoms with E-state index >= 15 is 0 Å². The Bertz CT molecular complexity index is 1500. The van der Waals surface area contributed by atoms with E-state index in [1.807, 2.05) is 30.3 Å². The van der Waals surface area contributed by atoms with Gasteiger partial charge in [0.1, 0.15) is 16.1 Å². The molecule has 0 fully saturated rings. The number of hydrogen-bond acceptors (Lipinski definition) is 7. The lowest BCUT2D eigenvalue weighted by molar-refractivity contribution is -0.384. The molecule has 0 aliphatic carbocycles. The molecule has 2 aromatic carbocycles. The van der Waals surface area contributed by atoms with Crippen molar-refractivity contribution in [2.75, 3.05) is 0 Å². The average Bonchev–Trinajstić information content (AvgIpc) is 3.46. The van der Waals surface area contributed by atoms with E-state index in [1.54, 1.807) is 36.4 Å². The Labute approximate surface area is 172 Å². The van der Waals surface area contributed by atoms with Crippen molar-refractivity contribution in [3.63, 3.8) is 0 Å². The molecule has 0 spiro atoms. The average molecular weight is 416 g/mol. The van der Waals surface area contributed by atoms with Crippen molar-refractivity contribution in [3.8, 4) is 22.7 Å². The molecule has 0 atom stereocenters. The molecule has 0 saturated heterocycles. The van der Waals surface area contributed by atoms with Gasteiger partial charge in [-0.1, -0.05) is 53.8 Å². The number of nitro groups is 1. The lowest BCUT2D eigenvalue weighted by Gasteiger charge is -1.98. The second-order valence-corrected chi connectivity index (χ2v) is 7.40. The van der Waals surface area contributed by atoms with Crippen LogP contribution in [0.3, 0.4) is 0 Å². The van der Waals surface area contributed by atoms with E-state index in [2.05, 4.69) is 10.1 Å². The maximum absolute atomic E-state index is 12.7. The summed E-state index contributed by atoms with van der Waals surface area (Å²) in [4.78, 5) is 28.4. The molecule has 5 aromatic rings. The van der Waals surface area contributed by atoms with Gasteiger partial charge >= 0.3 is 0 Å². The van der Waals surface area contributed by atoms with Crippen molar-refractivity contribution in [3.05, 3.63) is 97.5 Å². The van der Waals surface area contributed by atoms with Crippen LogP contribution in [-0.4, -0.2) is 19.5 Å². The minimum absolute atomic E-state index is 0.0462. The summed E-state index contributed by atoms with van der Waals surface area (Å²) < 4.78 is 7.42. The number of nitrogens with zero attached hydrogens (tertiary/aromatic N) is 4. The number of thiazole rings is 1. The molecule has 9 heteroatoms. The van der Waals surface area contributed by atoms with Crippen molar-refractivity contribution < 1.29 is 9.34 Å². The molecule has 0 amide bonds. The van der Waals surface area contributed by atoms with Gasteiger partial charge in [0.05, 0.1) is 10.5 Å². The maximum Gasteiger partial charge on any atom is 0.291 e. The van der Waals surface area contributed by atoms with Crippen LogP contribution in [0.2, 0.25) is 0 Å². The zero-order valence-electron chi connectivity index (χ0n) is 15.3. The van der Waals surface area contributed by atoms with Crippen LogP contribution in [0.1, 0.15) is 5.76 Å². The Balaban J connectivity index is 1.54. The van der Waals surface area contributed by atoms with Gasteiger partial charge in [0.2, 0.25) is 4.96 Å². The maximum atomic E-state index is 12.7. The third-order valence-corrected chi connectivity index (χ3v) is 5.44. The predicted octanol–water partition coefficient (Wildman–Crippen LogP) is 3.53.